The van der Waals surface area contributed by atoms with E-state index in [9.17, 15) is 39.6 Å². The molecule has 11 heteroatoms. The van der Waals surface area contributed by atoms with Crippen molar-refractivity contribution < 1.29 is 86.2 Å². The molecular formula is C9H9FeNNaO8. The Morgan fingerprint density at radius 3 is 1.50 bits per heavy atom. The molecule has 0 aliphatic heterocycles. The minimum Gasteiger partial charge on any atom is -0.550 e. The van der Waals surface area contributed by atoms with Crippen LogP contribution in [0.2, 0.25) is 0 Å². The van der Waals surface area contributed by atoms with Crippen molar-refractivity contribution in [3.05, 3.63) is 0 Å². The Morgan fingerprint density at radius 2 is 1.25 bits per heavy atom. The first kappa shape index (κ1) is 24.4. The number of nitrogens with zero attached hydrogens (tertiary/aromatic N) is 1. The minimum absolute atomic E-state index is 0. The number of aliphatic carboxylic acids is 4. The molecule has 0 aromatic carbocycles. The van der Waals surface area contributed by atoms with Crippen molar-refractivity contribution in [3.8, 4) is 0 Å². The molecule has 20 heavy (non-hydrogen) atoms. The zero-order valence-electron chi connectivity index (χ0n) is 10.5. The number of hydrogen-bond acceptors (Lipinski definition) is 9. The molecule has 1 atom stereocenters. The second-order valence-corrected chi connectivity index (χ2v) is 3.39. The van der Waals surface area contributed by atoms with Crippen LogP contribution in [0.25, 0.3) is 0 Å². The molecule has 0 saturated heterocycles. The molecule has 0 unspecified atom stereocenters. The van der Waals surface area contributed by atoms with E-state index >= 15 is 0 Å². The van der Waals surface area contributed by atoms with Gasteiger partial charge in [-0.3, -0.25) is 4.90 Å². The topological polar surface area (TPSA) is 164 Å². The maximum Gasteiger partial charge on any atom is 3.00 e. The molecular weight excluding hydrogens is 329 g/mol. The maximum absolute atomic E-state index is 10.7. The fourth-order valence-electron chi connectivity index (χ4n) is 1.31. The van der Waals surface area contributed by atoms with Gasteiger partial charge in [0.15, 0.2) is 0 Å². The summed E-state index contributed by atoms with van der Waals surface area (Å²) in [5, 5.41) is 41.6. The summed E-state index contributed by atoms with van der Waals surface area (Å²) in [4.78, 5) is 42.1. The number of rotatable bonds is 9. The molecule has 0 bridgehead atoms. The van der Waals surface area contributed by atoms with E-state index in [1.165, 1.54) is 0 Å². The zero-order valence-corrected chi connectivity index (χ0v) is 13.6. The largest absolute Gasteiger partial charge is 3.00 e. The Kier molecular flexibility index (Phi) is 14.8. The van der Waals surface area contributed by atoms with Gasteiger partial charge in [0.2, 0.25) is 0 Å². The van der Waals surface area contributed by atoms with Crippen LogP contribution in [0.5, 0.6) is 0 Å². The molecule has 0 rings (SSSR count). The van der Waals surface area contributed by atoms with Crippen LogP contribution in [0.15, 0.2) is 0 Å². The molecule has 0 saturated carbocycles. The van der Waals surface area contributed by atoms with Crippen LogP contribution in [-0.4, -0.2) is 47.9 Å². The van der Waals surface area contributed by atoms with Crippen molar-refractivity contribution in [2.75, 3.05) is 13.1 Å². The van der Waals surface area contributed by atoms with Crippen molar-refractivity contribution >= 4 is 23.9 Å². The van der Waals surface area contributed by atoms with E-state index in [2.05, 4.69) is 0 Å². The molecule has 0 aliphatic carbocycles. The summed E-state index contributed by atoms with van der Waals surface area (Å²) in [5.41, 5.74) is 0. The van der Waals surface area contributed by atoms with E-state index in [0.717, 1.165) is 0 Å². The predicted molar refractivity (Wildman–Crippen MR) is 44.6 cm³/mol. The van der Waals surface area contributed by atoms with Crippen LogP contribution in [-0.2, 0) is 36.2 Å². The van der Waals surface area contributed by atoms with Gasteiger partial charge in [-0.2, -0.15) is 0 Å². The van der Waals surface area contributed by atoms with E-state index in [1.807, 2.05) is 0 Å². The molecule has 107 valence electrons. The quantitative estimate of drug-likeness (QED) is 0.371. The summed E-state index contributed by atoms with van der Waals surface area (Å²) in [6.45, 7) is -2.00. The summed E-state index contributed by atoms with van der Waals surface area (Å²) < 4.78 is 0. The number of hydrogen-bond donors (Lipinski definition) is 0. The molecule has 0 aromatic heterocycles. The number of carbonyl (C=O) groups is 4. The molecule has 0 aromatic rings. The third-order valence-corrected chi connectivity index (χ3v) is 2.00. The summed E-state index contributed by atoms with van der Waals surface area (Å²) in [6.07, 6.45) is -1.24. The number of carboxylic acid groups (broad SMARTS) is 4. The van der Waals surface area contributed by atoms with Gasteiger partial charge in [0, 0.05) is 19.1 Å². The zero-order chi connectivity index (χ0) is 14.3. The summed E-state index contributed by atoms with van der Waals surface area (Å²) in [6, 6.07) is -1.70. The second-order valence-electron chi connectivity index (χ2n) is 3.39. The van der Waals surface area contributed by atoms with E-state index in [-0.39, 0.29) is 46.6 Å². The first-order chi connectivity index (χ1) is 8.23. The van der Waals surface area contributed by atoms with Crippen LogP contribution >= 0.6 is 0 Å². The number of carbonyl (C=O) groups excluding carboxylic acids is 4. The van der Waals surface area contributed by atoms with E-state index in [0.29, 0.717) is 4.90 Å². The van der Waals surface area contributed by atoms with Gasteiger partial charge in [0.1, 0.15) is 0 Å². The van der Waals surface area contributed by atoms with Gasteiger partial charge in [-0.05, 0) is 12.8 Å². The molecule has 9 nitrogen and oxygen atoms in total. The fraction of sp³-hybridized carbons (Fsp3) is 0.556. The van der Waals surface area contributed by atoms with Crippen molar-refractivity contribution in [3.63, 3.8) is 0 Å². The maximum atomic E-state index is 10.7. The molecule has 0 fully saturated rings. The van der Waals surface area contributed by atoms with Crippen molar-refractivity contribution in [1.82, 2.24) is 4.90 Å². The van der Waals surface area contributed by atoms with Gasteiger partial charge in [-0.15, -0.1) is 0 Å². The van der Waals surface area contributed by atoms with Crippen LogP contribution in [0.1, 0.15) is 12.8 Å². The van der Waals surface area contributed by atoms with Gasteiger partial charge in [-0.25, -0.2) is 0 Å². The van der Waals surface area contributed by atoms with Crippen molar-refractivity contribution in [2.24, 2.45) is 0 Å². The monoisotopic (exact) mass is 338 g/mol. The first-order valence-electron chi connectivity index (χ1n) is 4.78. The van der Waals surface area contributed by atoms with Crippen LogP contribution in [0, 0.1) is 0 Å². The molecule has 1 radical (unpaired) electrons. The average molecular weight is 338 g/mol. The molecule has 0 spiro atoms. The number of carboxylic acids is 4. The third kappa shape index (κ3) is 11.2. The van der Waals surface area contributed by atoms with Crippen LogP contribution in [0.3, 0.4) is 0 Å². The van der Waals surface area contributed by atoms with E-state index in [4.69, 9.17) is 0 Å². The standard InChI is InChI=1S/C9H13NO8.Fe.Na/c11-6(12)2-1-5(9(17)18)10(3-7(13)14)4-8(15)16;;/h5H,1-4H2,(H,11,12)(H,13,14)(H,15,16)(H,17,18);;/q;+3;+1/p-4/t5-;;/m0../s1. The summed E-state index contributed by atoms with van der Waals surface area (Å²) >= 11 is 0. The SMILES string of the molecule is O=C([O-])CC[C@@H](C(=O)[O-])N(CC(=O)[O-])CC(=O)[O-].[Fe+3].[Na+]. The average Bonchev–Trinajstić information content (AvgIpc) is 2.14. The molecule has 0 heterocycles. The van der Waals surface area contributed by atoms with Crippen LogP contribution in [0.4, 0.5) is 0 Å². The molecule has 0 amide bonds. The van der Waals surface area contributed by atoms with Gasteiger partial charge >= 0.3 is 46.6 Å². The van der Waals surface area contributed by atoms with Gasteiger partial charge in [0.25, 0.3) is 0 Å². The third-order valence-electron chi connectivity index (χ3n) is 2.00. The van der Waals surface area contributed by atoms with Gasteiger partial charge in [-0.1, -0.05) is 0 Å². The normalized spacial score (nSPS) is 10.8. The minimum atomic E-state index is -1.79. The van der Waals surface area contributed by atoms with E-state index in [1.54, 1.807) is 0 Å². The van der Waals surface area contributed by atoms with Crippen LogP contribution < -0.4 is 50.0 Å². The first-order valence-corrected chi connectivity index (χ1v) is 4.78. The van der Waals surface area contributed by atoms with E-state index < -0.39 is 55.9 Å². The Morgan fingerprint density at radius 1 is 0.850 bits per heavy atom. The Labute approximate surface area is 146 Å². The van der Waals surface area contributed by atoms with Crippen molar-refractivity contribution in [1.29, 1.82) is 0 Å². The Balaban J connectivity index is -0.00000144. The summed E-state index contributed by atoms with van der Waals surface area (Å²) in [7, 11) is 0. The van der Waals surface area contributed by atoms with Gasteiger partial charge in [0.05, 0.1) is 23.9 Å². The van der Waals surface area contributed by atoms with Gasteiger partial charge < -0.3 is 39.6 Å². The summed E-state index contributed by atoms with van der Waals surface area (Å²) in [5.74, 6) is -6.77. The fourth-order valence-corrected chi connectivity index (χ4v) is 1.31. The molecule has 0 aliphatic rings. The molecule has 0 N–H and O–H groups in total. The second kappa shape index (κ2) is 12.1. The van der Waals surface area contributed by atoms with Crippen molar-refractivity contribution in [2.45, 2.75) is 18.9 Å². The Bertz CT molecular complexity index is 348. The Hall–Kier alpha value is -0.641. The predicted octanol–water partition coefficient (Wildman–Crippen LogP) is -9.56. The smallest absolute Gasteiger partial charge is 0.550 e.